The predicted octanol–water partition coefficient (Wildman–Crippen LogP) is 3.27. The molecule has 0 radical (unpaired) electrons. The van der Waals surface area contributed by atoms with E-state index in [9.17, 15) is 9.59 Å². The van der Waals surface area contributed by atoms with Gasteiger partial charge in [0.25, 0.3) is 11.5 Å². The molecule has 0 unspecified atom stereocenters. The average molecular weight is 505 g/mol. The number of nitrogens with one attached hydrogen (secondary N) is 1. The summed E-state index contributed by atoms with van der Waals surface area (Å²) in [5.74, 6) is 0.694. The lowest BCUT2D eigenvalue weighted by Gasteiger charge is -2.10. The number of methoxy groups -OCH3 is 2. The van der Waals surface area contributed by atoms with Gasteiger partial charge in [-0.25, -0.2) is 10.4 Å². The topological polar surface area (TPSA) is 94.8 Å². The SMILES string of the molecule is COc1cc(/C=N\NC(=O)Cn2cnc3sc4c(c3c2=O)CCCC4)cc(Br)c1OC. The van der Waals surface area contributed by atoms with Crippen molar-refractivity contribution in [2.75, 3.05) is 14.2 Å². The van der Waals surface area contributed by atoms with Gasteiger partial charge in [0, 0.05) is 4.88 Å². The molecule has 8 nitrogen and oxygen atoms in total. The van der Waals surface area contributed by atoms with Crippen LogP contribution in [0.15, 0.2) is 32.8 Å². The number of carbonyl (C=O) groups is 1. The lowest BCUT2D eigenvalue weighted by molar-refractivity contribution is -0.121. The maximum Gasteiger partial charge on any atom is 0.262 e. The van der Waals surface area contributed by atoms with E-state index in [0.717, 1.165) is 36.1 Å². The Kier molecular flexibility index (Phi) is 6.38. The van der Waals surface area contributed by atoms with E-state index >= 15 is 0 Å². The zero-order valence-corrected chi connectivity index (χ0v) is 19.5. The molecule has 10 heteroatoms. The van der Waals surface area contributed by atoms with Crippen molar-refractivity contribution in [3.63, 3.8) is 0 Å². The second-order valence-electron chi connectivity index (χ2n) is 7.10. The van der Waals surface area contributed by atoms with Gasteiger partial charge in [-0.05, 0) is 64.9 Å². The molecule has 0 atom stereocenters. The van der Waals surface area contributed by atoms with E-state index in [1.54, 1.807) is 37.7 Å². The van der Waals surface area contributed by atoms with E-state index in [1.165, 1.54) is 22.0 Å². The Morgan fingerprint density at radius 2 is 2.13 bits per heavy atom. The molecule has 162 valence electrons. The summed E-state index contributed by atoms with van der Waals surface area (Å²) < 4.78 is 12.6. The first-order valence-corrected chi connectivity index (χ1v) is 11.4. The lowest BCUT2D eigenvalue weighted by atomic mass is 9.97. The second-order valence-corrected chi connectivity index (χ2v) is 9.04. The third kappa shape index (κ3) is 4.35. The van der Waals surface area contributed by atoms with Crippen LogP contribution in [-0.4, -0.2) is 35.9 Å². The molecule has 1 aliphatic carbocycles. The number of hydrogen-bond donors (Lipinski definition) is 1. The van der Waals surface area contributed by atoms with Crippen molar-refractivity contribution >= 4 is 49.6 Å². The molecule has 0 aliphatic heterocycles. The summed E-state index contributed by atoms with van der Waals surface area (Å²) in [5, 5.41) is 4.65. The molecule has 0 bridgehead atoms. The Bertz CT molecular complexity index is 1230. The predicted molar refractivity (Wildman–Crippen MR) is 124 cm³/mol. The summed E-state index contributed by atoms with van der Waals surface area (Å²) in [6, 6.07) is 3.53. The van der Waals surface area contributed by atoms with Crippen molar-refractivity contribution in [2.24, 2.45) is 5.10 Å². The summed E-state index contributed by atoms with van der Waals surface area (Å²) in [7, 11) is 3.09. The number of nitrogens with zero attached hydrogens (tertiary/aromatic N) is 3. The monoisotopic (exact) mass is 504 g/mol. The van der Waals surface area contributed by atoms with Crippen LogP contribution in [0.4, 0.5) is 0 Å². The number of benzene rings is 1. The number of fused-ring (bicyclic) bond motifs is 3. The van der Waals surface area contributed by atoms with Crippen LogP contribution in [0.25, 0.3) is 10.2 Å². The Hall–Kier alpha value is -2.72. The molecular formula is C21H21BrN4O4S. The molecule has 0 spiro atoms. The maximum atomic E-state index is 12.9. The molecule has 0 saturated carbocycles. The molecule has 31 heavy (non-hydrogen) atoms. The molecule has 2 aromatic heterocycles. The molecule has 0 saturated heterocycles. The summed E-state index contributed by atoms with van der Waals surface area (Å²) in [5.41, 5.74) is 4.09. The molecule has 1 N–H and O–H groups in total. The third-order valence-electron chi connectivity index (χ3n) is 5.11. The Morgan fingerprint density at radius 3 is 2.90 bits per heavy atom. The van der Waals surface area contributed by atoms with Crippen molar-refractivity contribution in [1.29, 1.82) is 0 Å². The van der Waals surface area contributed by atoms with Gasteiger partial charge in [-0.3, -0.25) is 14.2 Å². The number of halogens is 1. The number of ether oxygens (including phenoxy) is 2. The van der Waals surface area contributed by atoms with Crippen LogP contribution in [0.3, 0.4) is 0 Å². The largest absolute Gasteiger partial charge is 0.493 e. The minimum atomic E-state index is -0.414. The second kappa shape index (κ2) is 9.19. The minimum Gasteiger partial charge on any atom is -0.493 e. The maximum absolute atomic E-state index is 12.9. The van der Waals surface area contributed by atoms with E-state index in [-0.39, 0.29) is 12.1 Å². The minimum absolute atomic E-state index is 0.153. The molecule has 0 fully saturated rings. The first-order valence-electron chi connectivity index (χ1n) is 9.75. The van der Waals surface area contributed by atoms with Gasteiger partial charge in [0.05, 0.1) is 36.6 Å². The van der Waals surface area contributed by atoms with Gasteiger partial charge in [-0.15, -0.1) is 11.3 Å². The van der Waals surface area contributed by atoms with Gasteiger partial charge in [0.2, 0.25) is 0 Å². The number of hydrazone groups is 1. The summed E-state index contributed by atoms with van der Waals surface area (Å²) in [6.45, 7) is -0.153. The zero-order chi connectivity index (χ0) is 22.0. The zero-order valence-electron chi connectivity index (χ0n) is 17.1. The van der Waals surface area contributed by atoms with Crippen LogP contribution in [-0.2, 0) is 24.2 Å². The molecule has 4 rings (SSSR count). The first kappa shape index (κ1) is 21.5. The van der Waals surface area contributed by atoms with Gasteiger partial charge >= 0.3 is 0 Å². The van der Waals surface area contributed by atoms with Crippen molar-refractivity contribution in [2.45, 2.75) is 32.2 Å². The highest BCUT2D eigenvalue weighted by atomic mass is 79.9. The van der Waals surface area contributed by atoms with Gasteiger partial charge in [0.1, 0.15) is 11.4 Å². The first-order chi connectivity index (χ1) is 15.0. The van der Waals surface area contributed by atoms with E-state index in [1.807, 2.05) is 0 Å². The highest BCUT2D eigenvalue weighted by molar-refractivity contribution is 9.10. The number of thiophene rings is 1. The Balaban J connectivity index is 1.48. The van der Waals surface area contributed by atoms with Crippen LogP contribution in [0.2, 0.25) is 0 Å². The van der Waals surface area contributed by atoms with Crippen LogP contribution in [0, 0.1) is 0 Å². The lowest BCUT2D eigenvalue weighted by Crippen LogP contribution is -2.30. The normalized spacial score (nSPS) is 13.4. The number of aryl methyl sites for hydroxylation is 2. The fourth-order valence-corrected chi connectivity index (χ4v) is 5.52. The smallest absolute Gasteiger partial charge is 0.262 e. The Morgan fingerprint density at radius 1 is 1.32 bits per heavy atom. The molecular weight excluding hydrogens is 484 g/mol. The van der Waals surface area contributed by atoms with Gasteiger partial charge < -0.3 is 9.47 Å². The molecule has 2 heterocycles. The fraction of sp³-hybridized carbons (Fsp3) is 0.333. The van der Waals surface area contributed by atoms with E-state index in [0.29, 0.717) is 26.9 Å². The van der Waals surface area contributed by atoms with Crippen molar-refractivity contribution in [1.82, 2.24) is 15.0 Å². The highest BCUT2D eigenvalue weighted by Crippen LogP contribution is 2.36. The number of amides is 1. The summed E-state index contributed by atoms with van der Waals surface area (Å²) in [6.07, 6.45) is 7.04. The van der Waals surface area contributed by atoms with Crippen molar-refractivity contribution in [3.8, 4) is 11.5 Å². The van der Waals surface area contributed by atoms with Gasteiger partial charge in [-0.1, -0.05) is 0 Å². The highest BCUT2D eigenvalue weighted by Gasteiger charge is 2.20. The summed E-state index contributed by atoms with van der Waals surface area (Å²) >= 11 is 5.00. The van der Waals surface area contributed by atoms with Gasteiger partial charge in [0.15, 0.2) is 11.5 Å². The number of rotatable bonds is 6. The van der Waals surface area contributed by atoms with E-state index < -0.39 is 5.91 Å². The Labute approximate surface area is 191 Å². The van der Waals surface area contributed by atoms with Crippen LogP contribution < -0.4 is 20.5 Å². The number of aromatic nitrogens is 2. The van der Waals surface area contributed by atoms with Crippen LogP contribution >= 0.6 is 27.3 Å². The fourth-order valence-electron chi connectivity index (χ4n) is 3.68. The third-order valence-corrected chi connectivity index (χ3v) is 6.90. The van der Waals surface area contributed by atoms with Crippen molar-refractivity contribution < 1.29 is 14.3 Å². The molecule has 1 aliphatic rings. The standard InChI is InChI=1S/C21H21BrN4O4S/c1-29-15-8-12(7-14(22)19(15)30-2)9-24-25-17(27)10-26-11-23-20-18(21(26)28)13-5-3-4-6-16(13)31-20/h7-9,11H,3-6,10H2,1-2H3,(H,25,27)/b24-9-. The van der Waals surface area contributed by atoms with Crippen LogP contribution in [0.1, 0.15) is 28.8 Å². The average Bonchev–Trinajstić information content (AvgIpc) is 3.14. The number of carbonyl (C=O) groups excluding carboxylic acids is 1. The quantitative estimate of drug-likeness (QED) is 0.410. The van der Waals surface area contributed by atoms with Gasteiger partial charge in [-0.2, -0.15) is 5.10 Å². The molecule has 1 amide bonds. The van der Waals surface area contributed by atoms with E-state index in [4.69, 9.17) is 9.47 Å². The van der Waals surface area contributed by atoms with E-state index in [2.05, 4.69) is 31.4 Å². The van der Waals surface area contributed by atoms with Crippen LogP contribution in [0.5, 0.6) is 11.5 Å². The summed E-state index contributed by atoms with van der Waals surface area (Å²) in [4.78, 5) is 31.7. The number of hydrogen-bond acceptors (Lipinski definition) is 7. The molecule has 3 aromatic rings. The van der Waals surface area contributed by atoms with Crippen molar-refractivity contribution in [3.05, 3.63) is 49.3 Å². The molecule has 1 aromatic carbocycles.